The molecule has 0 unspecified atom stereocenters. The number of aromatic nitrogens is 1. The molecule has 1 aromatic heterocycles. The highest BCUT2D eigenvalue weighted by Crippen LogP contribution is 2.30. The van der Waals surface area contributed by atoms with E-state index >= 15 is 0 Å². The molecule has 0 aliphatic carbocycles. The van der Waals surface area contributed by atoms with Gasteiger partial charge in [0, 0.05) is 28.4 Å². The summed E-state index contributed by atoms with van der Waals surface area (Å²) in [5, 5.41) is 2.03. The van der Waals surface area contributed by atoms with Crippen molar-refractivity contribution in [1.29, 1.82) is 0 Å². The van der Waals surface area contributed by atoms with Gasteiger partial charge in [0.15, 0.2) is 16.4 Å². The topological polar surface area (TPSA) is 65.4 Å². The van der Waals surface area contributed by atoms with Crippen molar-refractivity contribution in [2.45, 2.75) is 26.3 Å². The van der Waals surface area contributed by atoms with E-state index < -0.39 is 9.84 Å². The van der Waals surface area contributed by atoms with Crippen molar-refractivity contribution in [3.63, 3.8) is 0 Å². The first-order valence-corrected chi connectivity index (χ1v) is 11.2. The molecular formula is C22H23NO4S. The standard InChI is InChI=1S/C22H23NO4S/c1-15-12-20(16(2)23(15)18-10-11-28(25,26)14-18)21(24)13-27-22-9-5-7-17-6-3-4-8-19(17)22/h3-9,12,18H,10-11,13-14H2,1-2H3/t18-/m1/s1. The van der Waals surface area contributed by atoms with E-state index in [1.807, 2.05) is 66.9 Å². The molecule has 2 heterocycles. The first-order valence-electron chi connectivity index (χ1n) is 9.38. The van der Waals surface area contributed by atoms with Crippen LogP contribution in [0.1, 0.15) is 34.2 Å². The number of benzene rings is 2. The van der Waals surface area contributed by atoms with Crippen LogP contribution >= 0.6 is 0 Å². The number of sulfone groups is 1. The number of carbonyl (C=O) groups is 1. The second-order valence-electron chi connectivity index (χ2n) is 7.40. The summed E-state index contributed by atoms with van der Waals surface area (Å²) in [4.78, 5) is 12.8. The number of ketones is 1. The van der Waals surface area contributed by atoms with E-state index in [0.717, 1.165) is 22.2 Å². The molecule has 6 heteroatoms. The Morgan fingerprint density at radius 2 is 1.89 bits per heavy atom. The zero-order valence-electron chi connectivity index (χ0n) is 16.0. The fourth-order valence-corrected chi connectivity index (χ4v) is 5.84. The Bertz CT molecular complexity index is 1160. The second kappa shape index (κ2) is 7.09. The van der Waals surface area contributed by atoms with Gasteiger partial charge >= 0.3 is 0 Å². The van der Waals surface area contributed by atoms with Gasteiger partial charge in [0.1, 0.15) is 5.75 Å². The summed E-state index contributed by atoms with van der Waals surface area (Å²) in [6.45, 7) is 3.74. The Hall–Kier alpha value is -2.60. The van der Waals surface area contributed by atoms with Crippen LogP contribution < -0.4 is 4.74 Å². The third-order valence-electron chi connectivity index (χ3n) is 5.47. The zero-order valence-corrected chi connectivity index (χ0v) is 16.8. The van der Waals surface area contributed by atoms with E-state index in [9.17, 15) is 13.2 Å². The molecule has 0 bridgehead atoms. The molecule has 1 aliphatic rings. The number of aryl methyl sites for hydroxylation is 1. The molecule has 1 aliphatic heterocycles. The lowest BCUT2D eigenvalue weighted by Gasteiger charge is -2.16. The SMILES string of the molecule is Cc1cc(C(=O)COc2cccc3ccccc23)c(C)n1[C@@H]1CCS(=O)(=O)C1. The average Bonchev–Trinajstić information content (AvgIpc) is 3.17. The van der Waals surface area contributed by atoms with Crippen LogP contribution in [0.15, 0.2) is 48.5 Å². The van der Waals surface area contributed by atoms with E-state index in [1.165, 1.54) is 0 Å². The van der Waals surface area contributed by atoms with Gasteiger partial charge < -0.3 is 9.30 Å². The lowest BCUT2D eigenvalue weighted by molar-refractivity contribution is 0.0922. The van der Waals surface area contributed by atoms with Gasteiger partial charge in [-0.3, -0.25) is 4.79 Å². The molecule has 146 valence electrons. The lowest BCUT2D eigenvalue weighted by atomic mass is 10.1. The van der Waals surface area contributed by atoms with Crippen molar-refractivity contribution < 1.29 is 17.9 Å². The average molecular weight is 397 g/mol. The van der Waals surface area contributed by atoms with E-state index in [-0.39, 0.29) is 29.9 Å². The van der Waals surface area contributed by atoms with Crippen LogP contribution in [-0.2, 0) is 9.84 Å². The molecule has 0 spiro atoms. The third-order valence-corrected chi connectivity index (χ3v) is 7.22. The molecule has 4 rings (SSSR count). The molecule has 1 atom stereocenters. The van der Waals surface area contributed by atoms with E-state index in [4.69, 9.17) is 4.74 Å². The maximum absolute atomic E-state index is 12.8. The Kier molecular flexibility index (Phi) is 4.75. The maximum atomic E-state index is 12.8. The summed E-state index contributed by atoms with van der Waals surface area (Å²) >= 11 is 0. The van der Waals surface area contributed by atoms with Crippen molar-refractivity contribution in [3.05, 3.63) is 65.5 Å². The predicted octanol–water partition coefficient (Wildman–Crippen LogP) is 3.88. The second-order valence-corrected chi connectivity index (χ2v) is 9.63. The van der Waals surface area contributed by atoms with Crippen molar-refractivity contribution >= 4 is 26.4 Å². The molecule has 1 saturated heterocycles. The number of fused-ring (bicyclic) bond motifs is 1. The molecule has 28 heavy (non-hydrogen) atoms. The molecular weight excluding hydrogens is 374 g/mol. The van der Waals surface area contributed by atoms with Gasteiger partial charge in [0.25, 0.3) is 0 Å². The van der Waals surface area contributed by atoms with Gasteiger partial charge in [-0.25, -0.2) is 8.42 Å². The number of nitrogens with zero attached hydrogens (tertiary/aromatic N) is 1. The number of carbonyl (C=O) groups excluding carboxylic acids is 1. The summed E-state index contributed by atoms with van der Waals surface area (Å²) < 4.78 is 31.5. The predicted molar refractivity (Wildman–Crippen MR) is 110 cm³/mol. The van der Waals surface area contributed by atoms with Crippen LogP contribution in [0.5, 0.6) is 5.75 Å². The maximum Gasteiger partial charge on any atom is 0.202 e. The van der Waals surface area contributed by atoms with Gasteiger partial charge in [-0.1, -0.05) is 36.4 Å². The minimum Gasteiger partial charge on any atom is -0.485 e. The minimum absolute atomic E-state index is 0.0543. The Morgan fingerprint density at radius 1 is 1.14 bits per heavy atom. The third kappa shape index (κ3) is 3.44. The smallest absolute Gasteiger partial charge is 0.202 e. The minimum atomic E-state index is -2.99. The van der Waals surface area contributed by atoms with Crippen LogP contribution in [-0.4, -0.2) is 36.9 Å². The number of rotatable bonds is 5. The lowest BCUT2D eigenvalue weighted by Crippen LogP contribution is -2.16. The highest BCUT2D eigenvalue weighted by molar-refractivity contribution is 7.91. The first-order chi connectivity index (χ1) is 13.4. The normalized spacial score (nSPS) is 18.4. The number of Topliss-reactive ketones (excluding diaryl/α,β-unsaturated/α-hetero) is 1. The Balaban J connectivity index is 1.55. The van der Waals surface area contributed by atoms with Crippen molar-refractivity contribution in [2.24, 2.45) is 0 Å². The van der Waals surface area contributed by atoms with Gasteiger partial charge in [0.05, 0.1) is 11.5 Å². The van der Waals surface area contributed by atoms with Crippen LogP contribution in [0, 0.1) is 13.8 Å². The molecule has 0 saturated carbocycles. The van der Waals surface area contributed by atoms with Crippen LogP contribution in [0.3, 0.4) is 0 Å². The van der Waals surface area contributed by atoms with Crippen molar-refractivity contribution in [1.82, 2.24) is 4.57 Å². The van der Waals surface area contributed by atoms with Crippen LogP contribution in [0.4, 0.5) is 0 Å². The summed E-state index contributed by atoms with van der Waals surface area (Å²) in [5.74, 6) is 0.932. The highest BCUT2D eigenvalue weighted by atomic mass is 32.2. The summed E-state index contributed by atoms with van der Waals surface area (Å²) in [7, 11) is -2.99. The first kappa shape index (κ1) is 18.7. The zero-order chi connectivity index (χ0) is 19.9. The van der Waals surface area contributed by atoms with Crippen LogP contribution in [0.2, 0.25) is 0 Å². The molecule has 1 fully saturated rings. The Labute approximate surface area is 164 Å². The van der Waals surface area contributed by atoms with E-state index in [1.54, 1.807) is 0 Å². The molecule has 2 aromatic carbocycles. The molecule has 5 nitrogen and oxygen atoms in total. The highest BCUT2D eigenvalue weighted by Gasteiger charge is 2.31. The molecule has 0 radical (unpaired) electrons. The fraction of sp³-hybridized carbons (Fsp3) is 0.318. The summed E-state index contributed by atoms with van der Waals surface area (Å²) in [6, 6.07) is 15.4. The van der Waals surface area contributed by atoms with Gasteiger partial charge in [-0.2, -0.15) is 0 Å². The quantitative estimate of drug-likeness (QED) is 0.613. The van der Waals surface area contributed by atoms with Crippen molar-refractivity contribution in [3.8, 4) is 5.75 Å². The molecule has 0 amide bonds. The van der Waals surface area contributed by atoms with Gasteiger partial charge in [0.2, 0.25) is 5.78 Å². The summed E-state index contributed by atoms with van der Waals surface area (Å²) in [6.07, 6.45) is 0.596. The fourth-order valence-electron chi connectivity index (χ4n) is 4.14. The number of ether oxygens (including phenoxy) is 1. The number of hydrogen-bond donors (Lipinski definition) is 0. The van der Waals surface area contributed by atoms with Gasteiger partial charge in [-0.05, 0) is 37.8 Å². The largest absolute Gasteiger partial charge is 0.485 e. The van der Waals surface area contributed by atoms with Gasteiger partial charge in [-0.15, -0.1) is 0 Å². The summed E-state index contributed by atoms with van der Waals surface area (Å²) in [5.41, 5.74) is 2.32. The monoisotopic (exact) mass is 397 g/mol. The van der Waals surface area contributed by atoms with Crippen molar-refractivity contribution in [2.75, 3.05) is 18.1 Å². The molecule has 3 aromatic rings. The van der Waals surface area contributed by atoms with E-state index in [2.05, 4.69) is 0 Å². The van der Waals surface area contributed by atoms with E-state index in [0.29, 0.717) is 17.7 Å². The Morgan fingerprint density at radius 3 is 2.64 bits per heavy atom. The number of hydrogen-bond acceptors (Lipinski definition) is 4. The van der Waals surface area contributed by atoms with Crippen LogP contribution in [0.25, 0.3) is 10.8 Å². The molecule has 0 N–H and O–H groups in total.